The molecule has 0 saturated carbocycles. The van der Waals surface area contributed by atoms with Gasteiger partial charge in [-0.1, -0.05) is 0 Å². The highest BCUT2D eigenvalue weighted by atomic mass is 19.1. The Labute approximate surface area is 67.8 Å². The lowest BCUT2D eigenvalue weighted by Crippen LogP contribution is -2.22. The number of hydrogen-bond donors (Lipinski definition) is 2. The first-order valence-electron chi connectivity index (χ1n) is 3.20. The van der Waals surface area contributed by atoms with Crippen molar-refractivity contribution in [2.24, 2.45) is 5.73 Å². The number of rotatable bonds is 2. The summed E-state index contributed by atoms with van der Waals surface area (Å²) in [4.78, 5) is 13.9. The molecule has 0 bridgehead atoms. The Kier molecular flexibility index (Phi) is 2.35. The van der Waals surface area contributed by atoms with Gasteiger partial charge in [0.25, 0.3) is 5.91 Å². The molecule has 64 valence electrons. The molecule has 1 aromatic heterocycles. The molecule has 0 aliphatic carbocycles. The second-order valence-electron chi connectivity index (χ2n) is 2.18. The summed E-state index contributed by atoms with van der Waals surface area (Å²) in [5.74, 6) is -1.77. The van der Waals surface area contributed by atoms with Gasteiger partial charge in [-0.05, 0) is 12.1 Å². The third-order valence-electron chi connectivity index (χ3n) is 1.32. The van der Waals surface area contributed by atoms with E-state index in [1.54, 1.807) is 0 Å². The second-order valence-corrected chi connectivity index (χ2v) is 2.18. The van der Waals surface area contributed by atoms with Crippen molar-refractivity contribution >= 4 is 5.91 Å². The van der Waals surface area contributed by atoms with Gasteiger partial charge in [-0.3, -0.25) is 9.78 Å². The molecule has 4 nitrogen and oxygen atoms in total. The van der Waals surface area contributed by atoms with E-state index in [1.807, 2.05) is 0 Å². The summed E-state index contributed by atoms with van der Waals surface area (Å²) in [6, 6.07) is 2.45. The number of nitrogens with zero attached hydrogens (tertiary/aromatic N) is 1. The molecule has 1 rings (SSSR count). The number of aliphatic hydroxyl groups is 1. The Hall–Kier alpha value is -1.49. The maximum Gasteiger partial charge on any atom is 0.252 e. The van der Waals surface area contributed by atoms with Crippen molar-refractivity contribution in [3.05, 3.63) is 29.8 Å². The molecule has 0 spiro atoms. The summed E-state index contributed by atoms with van der Waals surface area (Å²) >= 11 is 0. The minimum absolute atomic E-state index is 0.343. The van der Waals surface area contributed by atoms with E-state index in [9.17, 15) is 9.18 Å². The van der Waals surface area contributed by atoms with E-state index in [0.717, 1.165) is 6.07 Å². The molecule has 1 amide bonds. The van der Waals surface area contributed by atoms with Crippen molar-refractivity contribution in [3.63, 3.8) is 0 Å². The standard InChI is InChI=1S/C7H7FN2O2/c8-4-2-1-3-10-5(4)6(11)7(9)12/h1-3,6,11H,(H2,9,12). The summed E-state index contributed by atoms with van der Waals surface area (Å²) in [5.41, 5.74) is 4.40. The molecule has 0 saturated heterocycles. The number of aromatic nitrogens is 1. The molecule has 1 unspecified atom stereocenters. The third-order valence-corrected chi connectivity index (χ3v) is 1.32. The molecule has 3 N–H and O–H groups in total. The molecular formula is C7H7FN2O2. The Morgan fingerprint density at radius 1 is 1.75 bits per heavy atom. The highest BCUT2D eigenvalue weighted by Gasteiger charge is 2.18. The third kappa shape index (κ3) is 1.57. The summed E-state index contributed by atoms with van der Waals surface area (Å²) < 4.78 is 12.8. The van der Waals surface area contributed by atoms with Crippen LogP contribution in [0.2, 0.25) is 0 Å². The zero-order valence-electron chi connectivity index (χ0n) is 6.07. The zero-order valence-corrected chi connectivity index (χ0v) is 6.07. The lowest BCUT2D eigenvalue weighted by Gasteiger charge is -2.05. The van der Waals surface area contributed by atoms with E-state index >= 15 is 0 Å². The number of primary amides is 1. The van der Waals surface area contributed by atoms with Crippen molar-refractivity contribution in [2.45, 2.75) is 6.10 Å². The van der Waals surface area contributed by atoms with Crippen LogP contribution in [0.5, 0.6) is 0 Å². The molecule has 0 fully saturated rings. The van der Waals surface area contributed by atoms with Crippen LogP contribution >= 0.6 is 0 Å². The Morgan fingerprint density at radius 3 is 2.92 bits per heavy atom. The molecule has 1 aromatic rings. The smallest absolute Gasteiger partial charge is 0.252 e. The number of aliphatic hydroxyl groups excluding tert-OH is 1. The fourth-order valence-electron chi connectivity index (χ4n) is 0.734. The van der Waals surface area contributed by atoms with Gasteiger partial charge in [0, 0.05) is 6.20 Å². The van der Waals surface area contributed by atoms with Gasteiger partial charge < -0.3 is 10.8 Å². The van der Waals surface area contributed by atoms with E-state index in [-0.39, 0.29) is 5.69 Å². The SMILES string of the molecule is NC(=O)C(O)c1ncccc1F. The first kappa shape index (κ1) is 8.61. The first-order valence-corrected chi connectivity index (χ1v) is 3.20. The summed E-state index contributed by atoms with van der Waals surface area (Å²) in [5, 5.41) is 9.00. The lowest BCUT2D eigenvalue weighted by molar-refractivity contribution is -0.126. The Bertz CT molecular complexity index is 303. The average Bonchev–Trinajstić information content (AvgIpc) is 2.04. The van der Waals surface area contributed by atoms with Crippen LogP contribution in [0.1, 0.15) is 11.8 Å². The predicted molar refractivity (Wildman–Crippen MR) is 38.3 cm³/mol. The highest BCUT2D eigenvalue weighted by Crippen LogP contribution is 2.12. The number of halogens is 1. The van der Waals surface area contributed by atoms with Crippen LogP contribution in [0.15, 0.2) is 18.3 Å². The molecule has 1 heterocycles. The van der Waals surface area contributed by atoms with Crippen molar-refractivity contribution in [2.75, 3.05) is 0 Å². The number of carbonyl (C=O) groups is 1. The van der Waals surface area contributed by atoms with Gasteiger partial charge in [0.05, 0.1) is 0 Å². The van der Waals surface area contributed by atoms with Gasteiger partial charge in [-0.2, -0.15) is 0 Å². The van der Waals surface area contributed by atoms with Crippen LogP contribution in [0, 0.1) is 5.82 Å². The number of nitrogens with two attached hydrogens (primary N) is 1. The monoisotopic (exact) mass is 170 g/mol. The minimum Gasteiger partial charge on any atom is -0.377 e. The molecule has 0 aliphatic heterocycles. The van der Waals surface area contributed by atoms with E-state index < -0.39 is 17.8 Å². The fourth-order valence-corrected chi connectivity index (χ4v) is 0.734. The normalized spacial score (nSPS) is 12.5. The molecule has 5 heteroatoms. The van der Waals surface area contributed by atoms with Crippen LogP contribution in [0.3, 0.4) is 0 Å². The van der Waals surface area contributed by atoms with Crippen LogP contribution in [-0.4, -0.2) is 16.0 Å². The number of pyridine rings is 1. The largest absolute Gasteiger partial charge is 0.377 e. The highest BCUT2D eigenvalue weighted by molar-refractivity contribution is 5.79. The van der Waals surface area contributed by atoms with Crippen LogP contribution in [-0.2, 0) is 4.79 Å². The molecule has 0 radical (unpaired) electrons. The van der Waals surface area contributed by atoms with Crippen molar-refractivity contribution in [1.82, 2.24) is 4.98 Å². The van der Waals surface area contributed by atoms with E-state index in [2.05, 4.69) is 4.98 Å². The molecule has 0 aromatic carbocycles. The van der Waals surface area contributed by atoms with Crippen molar-refractivity contribution in [3.8, 4) is 0 Å². The maximum atomic E-state index is 12.8. The Morgan fingerprint density at radius 2 is 2.42 bits per heavy atom. The van der Waals surface area contributed by atoms with Gasteiger partial charge in [-0.25, -0.2) is 4.39 Å². The quantitative estimate of drug-likeness (QED) is 0.642. The van der Waals surface area contributed by atoms with Crippen LogP contribution in [0.4, 0.5) is 4.39 Å². The lowest BCUT2D eigenvalue weighted by atomic mass is 10.2. The van der Waals surface area contributed by atoms with E-state index in [0.29, 0.717) is 0 Å². The van der Waals surface area contributed by atoms with Gasteiger partial charge in [0.15, 0.2) is 6.10 Å². The second kappa shape index (κ2) is 3.27. The summed E-state index contributed by atoms with van der Waals surface area (Å²) in [7, 11) is 0. The molecular weight excluding hydrogens is 163 g/mol. The zero-order chi connectivity index (χ0) is 9.14. The fraction of sp³-hybridized carbons (Fsp3) is 0.143. The number of carbonyl (C=O) groups excluding carboxylic acids is 1. The van der Waals surface area contributed by atoms with E-state index in [1.165, 1.54) is 12.3 Å². The number of amides is 1. The van der Waals surface area contributed by atoms with Crippen LogP contribution < -0.4 is 5.73 Å². The van der Waals surface area contributed by atoms with Gasteiger partial charge in [0.2, 0.25) is 0 Å². The molecule has 0 aliphatic rings. The van der Waals surface area contributed by atoms with Crippen molar-refractivity contribution in [1.29, 1.82) is 0 Å². The average molecular weight is 170 g/mol. The topological polar surface area (TPSA) is 76.2 Å². The summed E-state index contributed by atoms with van der Waals surface area (Å²) in [6.45, 7) is 0. The van der Waals surface area contributed by atoms with Crippen molar-refractivity contribution < 1.29 is 14.3 Å². The van der Waals surface area contributed by atoms with Crippen LogP contribution in [0.25, 0.3) is 0 Å². The molecule has 12 heavy (non-hydrogen) atoms. The maximum absolute atomic E-state index is 12.8. The first-order chi connectivity index (χ1) is 5.63. The molecule has 1 atom stereocenters. The minimum atomic E-state index is -1.67. The summed E-state index contributed by atoms with van der Waals surface area (Å²) in [6.07, 6.45) is -0.406. The van der Waals surface area contributed by atoms with Gasteiger partial charge in [0.1, 0.15) is 11.5 Å². The van der Waals surface area contributed by atoms with E-state index in [4.69, 9.17) is 10.8 Å². The number of hydrogen-bond acceptors (Lipinski definition) is 3. The van der Waals surface area contributed by atoms with Gasteiger partial charge >= 0.3 is 0 Å². The predicted octanol–water partition coefficient (Wildman–Crippen LogP) is -0.261. The van der Waals surface area contributed by atoms with Gasteiger partial charge in [-0.15, -0.1) is 0 Å². The Balaban J connectivity index is 3.02.